The Bertz CT molecular complexity index is 622. The predicted octanol–water partition coefficient (Wildman–Crippen LogP) is 3.48. The fourth-order valence-corrected chi connectivity index (χ4v) is 2.32. The molecule has 2 aromatic carbocycles. The lowest BCUT2D eigenvalue weighted by atomic mass is 10.0. The van der Waals surface area contributed by atoms with Crippen molar-refractivity contribution >= 4 is 21.7 Å². The fourth-order valence-electron chi connectivity index (χ4n) is 2.05. The highest BCUT2D eigenvalue weighted by Gasteiger charge is 2.46. The summed E-state index contributed by atoms with van der Waals surface area (Å²) < 4.78 is 6.42. The molecule has 0 spiro atoms. The summed E-state index contributed by atoms with van der Waals surface area (Å²) in [5.74, 6) is -0.177. The van der Waals surface area contributed by atoms with E-state index in [0.29, 0.717) is 5.56 Å². The van der Waals surface area contributed by atoms with Crippen molar-refractivity contribution in [3.63, 3.8) is 0 Å². The minimum atomic E-state index is -0.491. The maximum absolute atomic E-state index is 12.2. The summed E-state index contributed by atoms with van der Waals surface area (Å²) in [4.78, 5) is 12.2. The molecule has 0 aliphatic carbocycles. The number of Topliss-reactive ketones (excluding diaryl/α,β-unsaturated/α-hetero) is 1. The first kappa shape index (κ1) is 12.4. The summed E-state index contributed by atoms with van der Waals surface area (Å²) in [5.41, 5.74) is 1.28. The van der Waals surface area contributed by atoms with E-state index in [4.69, 9.17) is 4.74 Å². The first-order valence-electron chi connectivity index (χ1n) is 5.90. The Labute approximate surface area is 119 Å². The Hall–Kier alpha value is -1.65. The maximum atomic E-state index is 12.2. The van der Waals surface area contributed by atoms with Crippen molar-refractivity contribution in [2.24, 2.45) is 0 Å². The van der Waals surface area contributed by atoms with Gasteiger partial charge in [-0.25, -0.2) is 0 Å². The summed E-state index contributed by atoms with van der Waals surface area (Å²) in [6.07, 6.45) is -0.699. The van der Waals surface area contributed by atoms with Gasteiger partial charge in [0.15, 0.2) is 11.9 Å². The molecular weight excluding hydrogens is 308 g/mol. The Balaban J connectivity index is 1.78. The second-order valence-electron chi connectivity index (χ2n) is 4.41. The largest absolute Gasteiger partial charge is 0.507 e. The molecule has 0 amide bonds. The molecule has 2 atom stereocenters. The third-order valence-electron chi connectivity index (χ3n) is 3.12. The minimum absolute atomic E-state index is 0.00226. The Morgan fingerprint density at radius 2 is 1.79 bits per heavy atom. The lowest BCUT2D eigenvalue weighted by Crippen LogP contribution is -2.08. The molecule has 1 saturated heterocycles. The lowest BCUT2D eigenvalue weighted by molar-refractivity contribution is 0.0951. The van der Waals surface area contributed by atoms with Gasteiger partial charge in [0.05, 0.1) is 5.56 Å². The number of phenols is 1. The predicted molar refractivity (Wildman–Crippen MR) is 74.2 cm³/mol. The van der Waals surface area contributed by atoms with E-state index >= 15 is 0 Å². The zero-order valence-electron chi connectivity index (χ0n) is 9.92. The average Bonchev–Trinajstić information content (AvgIpc) is 3.20. The van der Waals surface area contributed by atoms with Crippen LogP contribution in [0.5, 0.6) is 5.75 Å². The quantitative estimate of drug-likeness (QED) is 0.696. The number of benzene rings is 2. The van der Waals surface area contributed by atoms with Gasteiger partial charge in [-0.05, 0) is 29.8 Å². The van der Waals surface area contributed by atoms with Crippen molar-refractivity contribution in [3.05, 3.63) is 64.1 Å². The SMILES string of the molecule is O=C(c1ccccc1O)[C@H]1O[C@H]1c1ccc(Br)cc1. The van der Waals surface area contributed by atoms with Gasteiger partial charge in [-0.3, -0.25) is 4.79 Å². The second-order valence-corrected chi connectivity index (χ2v) is 5.33. The molecule has 1 aliphatic rings. The van der Waals surface area contributed by atoms with E-state index in [1.54, 1.807) is 18.2 Å². The highest BCUT2D eigenvalue weighted by molar-refractivity contribution is 9.10. The summed E-state index contributed by atoms with van der Waals surface area (Å²) in [5, 5.41) is 9.67. The Morgan fingerprint density at radius 1 is 1.11 bits per heavy atom. The third-order valence-corrected chi connectivity index (χ3v) is 3.65. The number of aromatic hydroxyl groups is 1. The van der Waals surface area contributed by atoms with Gasteiger partial charge in [-0.1, -0.05) is 40.2 Å². The van der Waals surface area contributed by atoms with E-state index in [9.17, 15) is 9.90 Å². The molecule has 0 saturated carbocycles. The molecule has 0 unspecified atom stereocenters. The van der Waals surface area contributed by atoms with E-state index < -0.39 is 6.10 Å². The fraction of sp³-hybridized carbons (Fsp3) is 0.133. The van der Waals surface area contributed by atoms with Crippen LogP contribution in [0.25, 0.3) is 0 Å². The number of carbonyl (C=O) groups is 1. The summed E-state index contributed by atoms with van der Waals surface area (Å²) in [6, 6.07) is 14.2. The second kappa shape index (κ2) is 4.79. The minimum Gasteiger partial charge on any atom is -0.507 e. The molecule has 3 rings (SSSR count). The van der Waals surface area contributed by atoms with Gasteiger partial charge in [0.2, 0.25) is 0 Å². The Kier molecular flexibility index (Phi) is 3.12. The Morgan fingerprint density at radius 3 is 2.47 bits per heavy atom. The number of rotatable bonds is 3. The number of carbonyl (C=O) groups excluding carboxylic acids is 1. The highest BCUT2D eigenvalue weighted by Crippen LogP contribution is 2.41. The summed E-state index contributed by atoms with van der Waals surface area (Å²) >= 11 is 3.36. The number of para-hydroxylation sites is 1. The van der Waals surface area contributed by atoms with Crippen LogP contribution >= 0.6 is 15.9 Å². The van der Waals surface area contributed by atoms with Crippen LogP contribution in [0.2, 0.25) is 0 Å². The number of hydrogen-bond donors (Lipinski definition) is 1. The van der Waals surface area contributed by atoms with E-state index in [0.717, 1.165) is 10.0 Å². The van der Waals surface area contributed by atoms with Crippen LogP contribution < -0.4 is 0 Å². The van der Waals surface area contributed by atoms with Gasteiger partial charge in [0, 0.05) is 4.47 Å². The van der Waals surface area contributed by atoms with Crippen molar-refractivity contribution in [1.29, 1.82) is 0 Å². The first-order chi connectivity index (χ1) is 9.16. The number of halogens is 1. The molecule has 96 valence electrons. The average molecular weight is 319 g/mol. The van der Waals surface area contributed by atoms with Crippen LogP contribution in [0.4, 0.5) is 0 Å². The molecule has 1 heterocycles. The van der Waals surface area contributed by atoms with E-state index in [1.165, 1.54) is 6.07 Å². The van der Waals surface area contributed by atoms with E-state index in [1.807, 2.05) is 24.3 Å². The summed E-state index contributed by atoms with van der Waals surface area (Å²) in [6.45, 7) is 0. The van der Waals surface area contributed by atoms with Crippen LogP contribution in [0.1, 0.15) is 22.0 Å². The molecule has 0 aromatic heterocycles. The van der Waals surface area contributed by atoms with Crippen LogP contribution in [0.3, 0.4) is 0 Å². The highest BCUT2D eigenvalue weighted by atomic mass is 79.9. The topological polar surface area (TPSA) is 49.8 Å². The molecule has 3 nitrogen and oxygen atoms in total. The molecule has 4 heteroatoms. The monoisotopic (exact) mass is 318 g/mol. The molecule has 0 bridgehead atoms. The zero-order chi connectivity index (χ0) is 13.4. The normalized spacial score (nSPS) is 21.1. The molecule has 1 N–H and O–H groups in total. The molecular formula is C15H11BrO3. The van der Waals surface area contributed by atoms with Gasteiger partial charge < -0.3 is 9.84 Å². The van der Waals surface area contributed by atoms with Crippen molar-refractivity contribution in [2.45, 2.75) is 12.2 Å². The van der Waals surface area contributed by atoms with Gasteiger partial charge in [-0.2, -0.15) is 0 Å². The number of phenolic OH excluding ortho intramolecular Hbond substituents is 1. The number of ketones is 1. The maximum Gasteiger partial charge on any atom is 0.198 e. The third kappa shape index (κ3) is 2.41. The standard InChI is InChI=1S/C15H11BrO3/c16-10-7-5-9(6-8-10)14-15(19-14)13(18)11-3-1-2-4-12(11)17/h1-8,14-15,17H/t14-,15+/m0/s1. The van der Waals surface area contributed by atoms with Crippen LogP contribution in [-0.4, -0.2) is 17.0 Å². The van der Waals surface area contributed by atoms with E-state index in [-0.39, 0.29) is 17.6 Å². The van der Waals surface area contributed by atoms with Gasteiger partial charge in [0.1, 0.15) is 11.9 Å². The van der Waals surface area contributed by atoms with Crippen molar-refractivity contribution in [3.8, 4) is 5.75 Å². The van der Waals surface area contributed by atoms with Crippen molar-refractivity contribution in [2.75, 3.05) is 0 Å². The molecule has 1 aliphatic heterocycles. The lowest BCUT2D eigenvalue weighted by Gasteiger charge is -2.00. The molecule has 0 radical (unpaired) electrons. The van der Waals surface area contributed by atoms with Gasteiger partial charge >= 0.3 is 0 Å². The molecule has 1 fully saturated rings. The van der Waals surface area contributed by atoms with Gasteiger partial charge in [0.25, 0.3) is 0 Å². The molecule has 2 aromatic rings. The zero-order valence-corrected chi connectivity index (χ0v) is 11.5. The molecule has 19 heavy (non-hydrogen) atoms. The van der Waals surface area contributed by atoms with Crippen LogP contribution in [0.15, 0.2) is 53.0 Å². The van der Waals surface area contributed by atoms with Crippen molar-refractivity contribution < 1.29 is 14.6 Å². The van der Waals surface area contributed by atoms with Crippen LogP contribution in [-0.2, 0) is 4.74 Å². The van der Waals surface area contributed by atoms with Crippen LogP contribution in [0, 0.1) is 0 Å². The van der Waals surface area contributed by atoms with Gasteiger partial charge in [-0.15, -0.1) is 0 Å². The number of ether oxygens (including phenoxy) is 1. The summed E-state index contributed by atoms with van der Waals surface area (Å²) in [7, 11) is 0. The van der Waals surface area contributed by atoms with E-state index in [2.05, 4.69) is 15.9 Å². The van der Waals surface area contributed by atoms with Crippen molar-refractivity contribution in [1.82, 2.24) is 0 Å². The first-order valence-corrected chi connectivity index (χ1v) is 6.69. The number of epoxide rings is 1. The smallest absolute Gasteiger partial charge is 0.198 e. The number of hydrogen-bond acceptors (Lipinski definition) is 3.